The Kier molecular flexibility index (Phi) is 9.34. The predicted molar refractivity (Wildman–Crippen MR) is 262 cm³/mol. The van der Waals surface area contributed by atoms with Gasteiger partial charge in [0.05, 0.1) is 6.04 Å². The Bertz CT molecular complexity index is 2760. The average Bonchev–Trinajstić information content (AvgIpc) is 3.62. The van der Waals surface area contributed by atoms with Crippen molar-refractivity contribution in [1.29, 1.82) is 0 Å². The first-order chi connectivity index (χ1) is 28.8. The van der Waals surface area contributed by atoms with Crippen LogP contribution < -0.4 is 4.90 Å². The lowest BCUT2D eigenvalue weighted by atomic mass is 9.79. The van der Waals surface area contributed by atoms with Gasteiger partial charge in [-0.2, -0.15) is 0 Å². The van der Waals surface area contributed by atoms with Gasteiger partial charge in [-0.3, -0.25) is 0 Å². The molecule has 0 fully saturated rings. The van der Waals surface area contributed by atoms with E-state index >= 15 is 0 Å². The third-order valence-corrected chi connectivity index (χ3v) is 15.8. The number of hydrogen-bond acceptors (Lipinski definition) is 1. The van der Waals surface area contributed by atoms with Crippen LogP contribution in [0.5, 0.6) is 0 Å². The van der Waals surface area contributed by atoms with Crippen LogP contribution in [0.3, 0.4) is 0 Å². The van der Waals surface area contributed by atoms with E-state index in [-0.39, 0.29) is 16.9 Å². The summed E-state index contributed by atoms with van der Waals surface area (Å²) in [4.78, 5) is 4.17. The Labute approximate surface area is 361 Å². The summed E-state index contributed by atoms with van der Waals surface area (Å²) in [5.74, 6) is 0.598. The third kappa shape index (κ3) is 6.45. The number of benzene rings is 5. The second-order valence-corrected chi connectivity index (χ2v) is 23.8. The Morgan fingerprint density at radius 3 is 1.95 bits per heavy atom. The number of anilines is 2. The molecule has 0 heterocycles. The van der Waals surface area contributed by atoms with Gasteiger partial charge in [0.25, 0.3) is 0 Å². The second-order valence-electron chi connectivity index (χ2n) is 19.6. The van der Waals surface area contributed by atoms with E-state index in [9.17, 15) is 0 Å². The molecule has 0 N–H and O–H groups in total. The molecule has 60 heavy (non-hydrogen) atoms. The van der Waals surface area contributed by atoms with Crippen LogP contribution in [0, 0.1) is 5.92 Å². The highest BCUT2D eigenvalue weighted by atomic mass is 32.3. The summed E-state index contributed by atoms with van der Waals surface area (Å²) in [6, 6.07) is 38.1. The molecule has 0 bridgehead atoms. The zero-order chi connectivity index (χ0) is 41.6. The summed E-state index contributed by atoms with van der Waals surface area (Å²) in [6.45, 7) is 12.1. The first-order valence-electron chi connectivity index (χ1n) is 22.1. The largest absolute Gasteiger partial charge is 0.334 e. The normalized spacial score (nSPS) is 20.7. The molecular formula is C58H59NS. The molecular weight excluding hydrogens is 743 g/mol. The van der Waals surface area contributed by atoms with Gasteiger partial charge in [-0.25, -0.2) is 10.0 Å². The topological polar surface area (TPSA) is 3.24 Å². The summed E-state index contributed by atoms with van der Waals surface area (Å²) in [5.41, 5.74) is 21.3. The number of hydrogen-bond donors (Lipinski definition) is 0. The highest BCUT2D eigenvalue weighted by molar-refractivity contribution is 8.32. The van der Waals surface area contributed by atoms with Crippen molar-refractivity contribution in [3.05, 3.63) is 191 Å². The predicted octanol–water partition coefficient (Wildman–Crippen LogP) is 15.7. The molecule has 0 radical (unpaired) electrons. The Balaban J connectivity index is 1.17. The minimum absolute atomic E-state index is 0.102. The van der Waals surface area contributed by atoms with Gasteiger partial charge in [-0.1, -0.05) is 138 Å². The lowest BCUT2D eigenvalue weighted by Crippen LogP contribution is -2.31. The van der Waals surface area contributed by atoms with E-state index in [2.05, 4.69) is 210 Å². The summed E-state index contributed by atoms with van der Waals surface area (Å²) < 4.78 is 0. The van der Waals surface area contributed by atoms with Crippen molar-refractivity contribution >= 4 is 27.0 Å². The van der Waals surface area contributed by atoms with Gasteiger partial charge in [0, 0.05) is 27.8 Å². The average molecular weight is 802 g/mol. The number of nitrogens with zero attached hydrogens (tertiary/aromatic N) is 1. The number of fused-ring (bicyclic) bond motifs is 6. The van der Waals surface area contributed by atoms with Crippen LogP contribution in [0.4, 0.5) is 11.4 Å². The van der Waals surface area contributed by atoms with Crippen molar-refractivity contribution < 1.29 is 0 Å². The van der Waals surface area contributed by atoms with E-state index in [1.54, 1.807) is 0 Å². The van der Waals surface area contributed by atoms with E-state index in [1.165, 1.54) is 94.2 Å². The summed E-state index contributed by atoms with van der Waals surface area (Å²) in [6.07, 6.45) is 33.0. The van der Waals surface area contributed by atoms with Crippen LogP contribution in [0.15, 0.2) is 168 Å². The van der Waals surface area contributed by atoms with Gasteiger partial charge < -0.3 is 4.90 Å². The maximum absolute atomic E-state index is 2.69. The monoisotopic (exact) mass is 801 g/mol. The lowest BCUT2D eigenvalue weighted by molar-refractivity contribution is 0.651. The number of rotatable bonds is 7. The quantitative estimate of drug-likeness (QED) is 0.158. The molecule has 5 aromatic rings. The van der Waals surface area contributed by atoms with Crippen LogP contribution in [-0.2, 0) is 10.8 Å². The molecule has 0 spiro atoms. The highest BCUT2D eigenvalue weighted by Gasteiger charge is 2.43. The fourth-order valence-corrected chi connectivity index (χ4v) is 11.5. The van der Waals surface area contributed by atoms with Gasteiger partial charge in [0.15, 0.2) is 0 Å². The Morgan fingerprint density at radius 2 is 1.25 bits per heavy atom. The van der Waals surface area contributed by atoms with Crippen LogP contribution in [0.25, 0.3) is 39.0 Å². The Morgan fingerprint density at radius 1 is 0.550 bits per heavy atom. The van der Waals surface area contributed by atoms with Crippen molar-refractivity contribution in [2.75, 3.05) is 23.7 Å². The van der Waals surface area contributed by atoms with Crippen molar-refractivity contribution in [3.8, 4) is 33.4 Å². The van der Waals surface area contributed by atoms with Crippen molar-refractivity contribution in [3.63, 3.8) is 0 Å². The molecule has 2 atom stereocenters. The van der Waals surface area contributed by atoms with Crippen LogP contribution in [-0.4, -0.2) is 24.8 Å². The summed E-state index contributed by atoms with van der Waals surface area (Å²) in [7, 11) is -0.855. The minimum Gasteiger partial charge on any atom is -0.334 e. The fraction of sp³-hybridized carbons (Fsp3) is 0.276. The summed E-state index contributed by atoms with van der Waals surface area (Å²) in [5, 5.41) is 0. The standard InChI is InChI=1S/C58H59NS/c1-38-22-24-41(25-23-38)42-26-28-45(29-27-42)59(46-33-43(39-16-11-9-12-17-39)32-44(34-46)40-18-13-10-14-19-40)55-21-15-20-51-56(55)50-37-53-49(36-54(50)57(51,2)3)48-31-30-47(60(6,7)8)35-52(48)58(53,4)5/h9,11-13,15-22,24-28,30-38,45H,10,14,23,29H2,1-8H3. The molecule has 5 aromatic carbocycles. The van der Waals surface area contributed by atoms with Gasteiger partial charge in [-0.15, -0.1) is 0 Å². The van der Waals surface area contributed by atoms with Gasteiger partial charge in [0.1, 0.15) is 0 Å². The molecule has 1 nitrogen and oxygen atoms in total. The molecule has 5 aliphatic carbocycles. The molecule has 0 saturated carbocycles. The van der Waals surface area contributed by atoms with Gasteiger partial charge >= 0.3 is 0 Å². The van der Waals surface area contributed by atoms with E-state index in [0.717, 1.165) is 25.7 Å². The molecule has 0 saturated heterocycles. The number of allylic oxidation sites excluding steroid dienone is 10. The van der Waals surface area contributed by atoms with E-state index in [0.29, 0.717) is 5.92 Å². The van der Waals surface area contributed by atoms with Crippen molar-refractivity contribution in [2.24, 2.45) is 5.92 Å². The second kappa shape index (κ2) is 14.4. The van der Waals surface area contributed by atoms with Gasteiger partial charge in [-0.05, 0) is 176 Å². The molecule has 0 aliphatic heterocycles. The van der Waals surface area contributed by atoms with Crippen molar-refractivity contribution in [2.45, 2.75) is 82.1 Å². The maximum atomic E-state index is 2.69. The smallest absolute Gasteiger partial charge is 0.0560 e. The highest BCUT2D eigenvalue weighted by Crippen LogP contribution is 2.59. The minimum atomic E-state index is -0.855. The third-order valence-electron chi connectivity index (χ3n) is 14.1. The maximum Gasteiger partial charge on any atom is 0.0560 e. The van der Waals surface area contributed by atoms with Crippen LogP contribution in [0.2, 0.25) is 0 Å². The van der Waals surface area contributed by atoms with Crippen molar-refractivity contribution in [1.82, 2.24) is 0 Å². The molecule has 0 amide bonds. The van der Waals surface area contributed by atoms with E-state index < -0.39 is 10.0 Å². The first kappa shape index (κ1) is 38.9. The SMILES string of the molecule is CC1C=CC(C2=CCC(N(c3cc(C4=CCCC=C4)cc(-c4ccccc4)c3)c3cccc4c3-c3cc5c(cc3C4(C)C)-c3ccc(S(C)(C)C)cc3C5(C)C)C=C2)=CC1. The molecule has 2 heteroatoms. The molecule has 0 aromatic heterocycles. The zero-order valence-corrected chi connectivity index (χ0v) is 37.6. The Hall–Kier alpha value is -5.31. The molecule has 5 aliphatic rings. The lowest BCUT2D eigenvalue weighted by Gasteiger charge is -2.36. The molecule has 2 unspecified atom stereocenters. The summed E-state index contributed by atoms with van der Waals surface area (Å²) >= 11 is 0. The zero-order valence-electron chi connectivity index (χ0n) is 36.8. The van der Waals surface area contributed by atoms with Crippen LogP contribution in [0.1, 0.15) is 88.1 Å². The first-order valence-corrected chi connectivity index (χ1v) is 24.9. The molecule has 302 valence electrons. The molecule has 10 rings (SSSR count). The van der Waals surface area contributed by atoms with E-state index in [4.69, 9.17) is 0 Å². The fourth-order valence-electron chi connectivity index (χ4n) is 10.6. The van der Waals surface area contributed by atoms with Crippen LogP contribution >= 0.6 is 10.0 Å². The van der Waals surface area contributed by atoms with Gasteiger partial charge in [0.2, 0.25) is 0 Å². The van der Waals surface area contributed by atoms with E-state index in [1.807, 2.05) is 0 Å².